The van der Waals surface area contributed by atoms with Crippen molar-refractivity contribution in [2.75, 3.05) is 0 Å². The predicted molar refractivity (Wildman–Crippen MR) is 102 cm³/mol. The number of nitro groups is 1. The maximum atomic E-state index is 13.2. The molecule has 1 fully saturated rings. The molecule has 4 aromatic rings. The Hall–Kier alpha value is -3.95. The van der Waals surface area contributed by atoms with E-state index in [1.807, 2.05) is 0 Å². The molecule has 3 aromatic heterocycles. The maximum absolute atomic E-state index is 13.2. The highest BCUT2D eigenvalue weighted by Gasteiger charge is 2.48. The SMILES string of the molecule is C[C@H]1O[C@@H](n2cnc3c(-c4nc(-c5ccc([N+](=O)[O-])cc5)no4)ncnc32)[C@H](OF)[C@@H]1OF. The fourth-order valence-corrected chi connectivity index (χ4v) is 3.61. The van der Waals surface area contributed by atoms with Gasteiger partial charge in [0.15, 0.2) is 29.8 Å². The van der Waals surface area contributed by atoms with Crippen molar-refractivity contribution in [3.63, 3.8) is 0 Å². The summed E-state index contributed by atoms with van der Waals surface area (Å²) in [5.74, 6) is 0.179. The minimum absolute atomic E-state index is 0.00460. The van der Waals surface area contributed by atoms with Crippen molar-refractivity contribution in [1.82, 2.24) is 29.7 Å². The van der Waals surface area contributed by atoms with E-state index in [1.165, 1.54) is 48.4 Å². The van der Waals surface area contributed by atoms with Crippen LogP contribution in [-0.4, -0.2) is 52.9 Å². The molecule has 0 unspecified atom stereocenters. The summed E-state index contributed by atoms with van der Waals surface area (Å²) in [6, 6.07) is 5.60. The van der Waals surface area contributed by atoms with Crippen LogP contribution in [-0.2, 0) is 14.6 Å². The van der Waals surface area contributed by atoms with Crippen molar-refractivity contribution in [2.24, 2.45) is 0 Å². The van der Waals surface area contributed by atoms with Gasteiger partial charge >= 0.3 is 0 Å². The van der Waals surface area contributed by atoms with Gasteiger partial charge in [-0.25, -0.2) is 15.0 Å². The van der Waals surface area contributed by atoms with E-state index in [1.54, 1.807) is 0 Å². The van der Waals surface area contributed by atoms with E-state index < -0.39 is 29.5 Å². The zero-order valence-electron chi connectivity index (χ0n) is 16.6. The van der Waals surface area contributed by atoms with E-state index in [-0.39, 0.29) is 34.3 Å². The van der Waals surface area contributed by atoms with E-state index in [0.29, 0.717) is 5.56 Å². The van der Waals surface area contributed by atoms with Gasteiger partial charge < -0.3 is 9.26 Å². The Morgan fingerprint density at radius 2 is 1.88 bits per heavy atom. The number of non-ortho nitro benzene ring substituents is 1. The van der Waals surface area contributed by atoms with E-state index in [0.717, 1.165) is 0 Å². The largest absolute Gasteiger partial charge is 0.349 e. The normalized spacial score (nSPS) is 22.8. The lowest BCUT2D eigenvalue weighted by molar-refractivity contribution is -0.384. The van der Waals surface area contributed by atoms with Gasteiger partial charge in [-0.15, -0.1) is 0 Å². The highest BCUT2D eigenvalue weighted by Crippen LogP contribution is 2.36. The van der Waals surface area contributed by atoms with Gasteiger partial charge in [0.05, 0.1) is 17.4 Å². The number of hydrogen-bond donors (Lipinski definition) is 0. The molecule has 0 radical (unpaired) electrons. The summed E-state index contributed by atoms with van der Waals surface area (Å²) >= 11 is 0. The molecule has 0 saturated carbocycles. The number of ether oxygens (including phenoxy) is 1. The zero-order valence-corrected chi connectivity index (χ0v) is 16.6. The molecule has 1 saturated heterocycles. The molecule has 0 bridgehead atoms. The molecule has 1 aliphatic heterocycles. The van der Waals surface area contributed by atoms with Crippen molar-refractivity contribution in [1.29, 1.82) is 0 Å². The number of rotatable bonds is 6. The summed E-state index contributed by atoms with van der Waals surface area (Å²) in [5, 5.41) is 14.7. The Kier molecular flexibility index (Phi) is 5.20. The number of fused-ring (bicyclic) bond motifs is 1. The first-order valence-corrected chi connectivity index (χ1v) is 9.48. The molecule has 33 heavy (non-hydrogen) atoms. The summed E-state index contributed by atoms with van der Waals surface area (Å²) < 4.78 is 38.3. The summed E-state index contributed by atoms with van der Waals surface area (Å²) in [7, 11) is 0. The van der Waals surface area contributed by atoms with E-state index >= 15 is 0 Å². The molecule has 1 aromatic carbocycles. The molecule has 15 heteroatoms. The zero-order chi connectivity index (χ0) is 23.1. The number of nitrogens with zero attached hydrogens (tertiary/aromatic N) is 7. The average Bonchev–Trinajstić information content (AvgIpc) is 3.55. The monoisotopic (exact) mass is 461 g/mol. The third-order valence-electron chi connectivity index (χ3n) is 5.23. The Labute approximate surface area is 181 Å². The summed E-state index contributed by atoms with van der Waals surface area (Å²) in [6.45, 7) is 1.51. The minimum atomic E-state index is -1.40. The van der Waals surface area contributed by atoms with Gasteiger partial charge in [-0.3, -0.25) is 14.7 Å². The fraction of sp³-hybridized carbons (Fsp3) is 0.278. The van der Waals surface area contributed by atoms with Crippen LogP contribution in [0.3, 0.4) is 0 Å². The Morgan fingerprint density at radius 3 is 2.58 bits per heavy atom. The smallest absolute Gasteiger partial charge is 0.279 e. The first-order valence-electron chi connectivity index (χ1n) is 9.48. The third kappa shape index (κ3) is 3.47. The topological polar surface area (TPSA) is 153 Å². The van der Waals surface area contributed by atoms with Crippen molar-refractivity contribution >= 4 is 16.9 Å². The van der Waals surface area contributed by atoms with Crippen molar-refractivity contribution < 1.29 is 33.1 Å². The molecule has 1 aliphatic rings. The second-order valence-electron chi connectivity index (χ2n) is 7.11. The number of benzene rings is 1. The lowest BCUT2D eigenvalue weighted by Gasteiger charge is -2.17. The standard InChI is InChI=1S/C18H13F2N7O6/c1-8-13(31-19)14(32-20)18(30-8)26-7-23-11-12(21-6-22-16(11)26)17-24-15(25-33-17)9-2-4-10(5-3-9)27(28)29/h2-8,13-14,18H,1H3/t8-,13-,14-,18-/m1/s1. The van der Waals surface area contributed by atoms with Crippen LogP contribution in [0.5, 0.6) is 0 Å². The van der Waals surface area contributed by atoms with Crippen LogP contribution in [0.1, 0.15) is 13.2 Å². The molecular formula is C18H13F2N7O6. The molecule has 170 valence electrons. The second-order valence-corrected chi connectivity index (χ2v) is 7.11. The highest BCUT2D eigenvalue weighted by molar-refractivity contribution is 5.84. The minimum Gasteiger partial charge on any atom is -0.349 e. The van der Waals surface area contributed by atoms with Crippen LogP contribution in [0, 0.1) is 10.1 Å². The van der Waals surface area contributed by atoms with Crippen LogP contribution >= 0.6 is 0 Å². The second kappa shape index (κ2) is 8.19. The molecule has 4 atom stereocenters. The van der Waals surface area contributed by atoms with Gasteiger partial charge in [-0.05, 0) is 28.1 Å². The van der Waals surface area contributed by atoms with Gasteiger partial charge in [0, 0.05) is 17.7 Å². The van der Waals surface area contributed by atoms with E-state index in [4.69, 9.17) is 9.26 Å². The van der Waals surface area contributed by atoms with Crippen molar-refractivity contribution in [2.45, 2.75) is 31.5 Å². The molecule has 0 N–H and O–H groups in total. The van der Waals surface area contributed by atoms with Gasteiger partial charge in [0.1, 0.15) is 11.8 Å². The quantitative estimate of drug-likeness (QED) is 0.307. The molecule has 0 amide bonds. The first kappa shape index (κ1) is 20.9. The first-order chi connectivity index (χ1) is 16.0. The van der Waals surface area contributed by atoms with Crippen LogP contribution in [0.4, 0.5) is 14.7 Å². The average molecular weight is 461 g/mol. The lowest BCUT2D eigenvalue weighted by atomic mass is 10.1. The number of hydrogen-bond acceptors (Lipinski definition) is 11. The Bertz CT molecular complexity index is 1310. The molecule has 0 aliphatic carbocycles. The van der Waals surface area contributed by atoms with Crippen LogP contribution in [0.25, 0.3) is 34.1 Å². The summed E-state index contributed by atoms with van der Waals surface area (Å²) in [6.07, 6.45) is -2.10. The summed E-state index contributed by atoms with van der Waals surface area (Å²) in [4.78, 5) is 34.8. The molecule has 0 spiro atoms. The van der Waals surface area contributed by atoms with Gasteiger partial charge in [0.2, 0.25) is 5.82 Å². The molecule has 4 heterocycles. The van der Waals surface area contributed by atoms with Gasteiger partial charge in [-0.1, -0.05) is 5.16 Å². The molecule has 5 rings (SSSR count). The number of nitro benzene ring substituents is 1. The van der Waals surface area contributed by atoms with Crippen molar-refractivity contribution in [3.05, 3.63) is 47.0 Å². The van der Waals surface area contributed by atoms with Gasteiger partial charge in [0.25, 0.3) is 11.6 Å². The predicted octanol–water partition coefficient (Wildman–Crippen LogP) is 2.91. The summed E-state index contributed by atoms with van der Waals surface area (Å²) in [5.41, 5.74) is 1.04. The number of aromatic nitrogens is 6. The van der Waals surface area contributed by atoms with Crippen LogP contribution < -0.4 is 0 Å². The lowest BCUT2D eigenvalue weighted by Crippen LogP contribution is -2.32. The van der Waals surface area contributed by atoms with E-state index in [2.05, 4.69) is 35.0 Å². The third-order valence-corrected chi connectivity index (χ3v) is 5.23. The maximum Gasteiger partial charge on any atom is 0.279 e. The Morgan fingerprint density at radius 1 is 1.12 bits per heavy atom. The van der Waals surface area contributed by atoms with E-state index in [9.17, 15) is 19.2 Å². The number of imidazole rings is 1. The molecule has 13 nitrogen and oxygen atoms in total. The van der Waals surface area contributed by atoms with Gasteiger partial charge in [-0.2, -0.15) is 14.9 Å². The number of halogens is 2. The fourth-order valence-electron chi connectivity index (χ4n) is 3.61. The highest BCUT2D eigenvalue weighted by atomic mass is 19.3. The van der Waals surface area contributed by atoms with Crippen LogP contribution in [0.2, 0.25) is 0 Å². The molecular weight excluding hydrogens is 448 g/mol. The Balaban J connectivity index is 1.50. The van der Waals surface area contributed by atoms with Crippen molar-refractivity contribution in [3.8, 4) is 23.0 Å². The van der Waals surface area contributed by atoms with Crippen LogP contribution in [0.15, 0.2) is 41.4 Å².